The highest BCUT2D eigenvalue weighted by molar-refractivity contribution is 4.81. The van der Waals surface area contributed by atoms with Gasteiger partial charge in [-0.1, -0.05) is 55.4 Å². The van der Waals surface area contributed by atoms with E-state index in [-0.39, 0.29) is 0 Å². The molecule has 0 aliphatic carbocycles. The molecule has 0 rings (SSSR count). The Morgan fingerprint density at radius 3 is 1.24 bits per heavy atom. The SMILES string of the molecule is COC(C(C)C(C)C)C(C)C(C)C(C)C(C)C. The highest BCUT2D eigenvalue weighted by Gasteiger charge is 2.32. The van der Waals surface area contributed by atoms with Gasteiger partial charge in [-0.05, 0) is 35.5 Å². The van der Waals surface area contributed by atoms with Gasteiger partial charge in [-0.15, -0.1) is 0 Å². The molecule has 104 valence electrons. The summed E-state index contributed by atoms with van der Waals surface area (Å²) in [6, 6.07) is 0. The highest BCUT2D eigenvalue weighted by atomic mass is 16.5. The molecule has 0 heterocycles. The largest absolute Gasteiger partial charge is 0.381 e. The molecule has 0 aromatic rings. The first-order valence-corrected chi connectivity index (χ1v) is 7.26. The molecule has 0 radical (unpaired) electrons. The van der Waals surface area contributed by atoms with E-state index in [1.54, 1.807) is 0 Å². The van der Waals surface area contributed by atoms with Gasteiger partial charge in [0, 0.05) is 7.11 Å². The smallest absolute Gasteiger partial charge is 0.0627 e. The van der Waals surface area contributed by atoms with Crippen molar-refractivity contribution >= 4 is 0 Å². The van der Waals surface area contributed by atoms with E-state index >= 15 is 0 Å². The van der Waals surface area contributed by atoms with Crippen LogP contribution in [-0.4, -0.2) is 13.2 Å². The Kier molecular flexibility index (Phi) is 7.39. The molecule has 0 amide bonds. The van der Waals surface area contributed by atoms with Crippen LogP contribution in [0.5, 0.6) is 0 Å². The molecular weight excluding hydrogens is 208 g/mol. The molecule has 5 unspecified atom stereocenters. The van der Waals surface area contributed by atoms with Crippen LogP contribution in [0.1, 0.15) is 55.4 Å². The highest BCUT2D eigenvalue weighted by Crippen LogP contribution is 2.33. The van der Waals surface area contributed by atoms with Crippen molar-refractivity contribution in [3.63, 3.8) is 0 Å². The lowest BCUT2D eigenvalue weighted by Crippen LogP contribution is -2.37. The number of hydrogen-bond donors (Lipinski definition) is 0. The first-order valence-electron chi connectivity index (χ1n) is 7.26. The standard InChI is InChI=1S/C16H34O/c1-10(2)12(5)14(7)15(8)16(17-9)13(6)11(3)4/h10-16H,1-9H3. The first kappa shape index (κ1) is 17.0. The van der Waals surface area contributed by atoms with Gasteiger partial charge in [0.25, 0.3) is 0 Å². The van der Waals surface area contributed by atoms with Crippen LogP contribution in [0.25, 0.3) is 0 Å². The maximum Gasteiger partial charge on any atom is 0.0627 e. The van der Waals surface area contributed by atoms with Gasteiger partial charge in [-0.3, -0.25) is 0 Å². The lowest BCUT2D eigenvalue weighted by Gasteiger charge is -2.37. The maximum absolute atomic E-state index is 5.79. The second kappa shape index (κ2) is 7.41. The summed E-state index contributed by atoms with van der Waals surface area (Å²) in [5, 5.41) is 0. The molecule has 1 nitrogen and oxygen atoms in total. The molecule has 0 saturated carbocycles. The quantitative estimate of drug-likeness (QED) is 0.619. The van der Waals surface area contributed by atoms with E-state index in [2.05, 4.69) is 55.4 Å². The first-order chi connectivity index (χ1) is 7.73. The van der Waals surface area contributed by atoms with Crippen LogP contribution >= 0.6 is 0 Å². The molecule has 0 N–H and O–H groups in total. The molecule has 0 spiro atoms. The molecule has 0 fully saturated rings. The fourth-order valence-electron chi connectivity index (χ4n) is 2.67. The summed E-state index contributed by atoms with van der Waals surface area (Å²) in [5.74, 6) is 4.14. The zero-order valence-corrected chi connectivity index (χ0v) is 13.4. The van der Waals surface area contributed by atoms with Crippen LogP contribution in [0.2, 0.25) is 0 Å². The summed E-state index contributed by atoms with van der Waals surface area (Å²) < 4.78 is 5.79. The third kappa shape index (κ3) is 4.62. The summed E-state index contributed by atoms with van der Waals surface area (Å²) in [6.45, 7) is 18.7. The van der Waals surface area contributed by atoms with E-state index in [4.69, 9.17) is 4.74 Å². The monoisotopic (exact) mass is 242 g/mol. The van der Waals surface area contributed by atoms with Crippen molar-refractivity contribution in [2.24, 2.45) is 35.5 Å². The minimum absolute atomic E-state index is 0.381. The summed E-state index contributed by atoms with van der Waals surface area (Å²) >= 11 is 0. The fraction of sp³-hybridized carbons (Fsp3) is 1.00. The van der Waals surface area contributed by atoms with Crippen molar-refractivity contribution in [1.29, 1.82) is 0 Å². The van der Waals surface area contributed by atoms with E-state index in [1.807, 2.05) is 7.11 Å². The van der Waals surface area contributed by atoms with E-state index in [9.17, 15) is 0 Å². The zero-order valence-electron chi connectivity index (χ0n) is 13.4. The average Bonchev–Trinajstić information content (AvgIpc) is 2.27. The lowest BCUT2D eigenvalue weighted by molar-refractivity contribution is -0.0257. The van der Waals surface area contributed by atoms with Crippen LogP contribution in [0.4, 0.5) is 0 Å². The third-order valence-electron chi connectivity index (χ3n) is 5.07. The Balaban J connectivity index is 4.68. The van der Waals surface area contributed by atoms with Crippen molar-refractivity contribution in [3.8, 4) is 0 Å². The Labute approximate surface area is 109 Å². The van der Waals surface area contributed by atoms with Gasteiger partial charge < -0.3 is 4.74 Å². The number of rotatable bonds is 7. The molecule has 0 aliphatic rings. The normalized spacial score (nSPS) is 21.4. The van der Waals surface area contributed by atoms with Crippen molar-refractivity contribution in [1.82, 2.24) is 0 Å². The van der Waals surface area contributed by atoms with E-state index in [1.165, 1.54) is 0 Å². The third-order valence-corrected chi connectivity index (χ3v) is 5.07. The minimum atomic E-state index is 0.381. The van der Waals surface area contributed by atoms with Gasteiger partial charge in [-0.25, -0.2) is 0 Å². The van der Waals surface area contributed by atoms with E-state index in [0.29, 0.717) is 29.8 Å². The van der Waals surface area contributed by atoms with Gasteiger partial charge in [0.2, 0.25) is 0 Å². The second-order valence-electron chi connectivity index (χ2n) is 6.62. The Morgan fingerprint density at radius 2 is 0.941 bits per heavy atom. The maximum atomic E-state index is 5.79. The fourth-order valence-corrected chi connectivity index (χ4v) is 2.67. The molecule has 0 saturated heterocycles. The molecule has 0 aromatic heterocycles. The Bertz CT molecular complexity index is 198. The van der Waals surface area contributed by atoms with Crippen molar-refractivity contribution < 1.29 is 4.74 Å². The van der Waals surface area contributed by atoms with Gasteiger partial charge in [-0.2, -0.15) is 0 Å². The van der Waals surface area contributed by atoms with Crippen molar-refractivity contribution in [2.75, 3.05) is 7.11 Å². The van der Waals surface area contributed by atoms with Gasteiger partial charge in [0.1, 0.15) is 0 Å². The number of ether oxygens (including phenoxy) is 1. The zero-order chi connectivity index (χ0) is 13.7. The van der Waals surface area contributed by atoms with Crippen molar-refractivity contribution in [3.05, 3.63) is 0 Å². The number of methoxy groups -OCH3 is 1. The van der Waals surface area contributed by atoms with Gasteiger partial charge in [0.15, 0.2) is 0 Å². The predicted octanol–water partition coefficient (Wildman–Crippen LogP) is 4.86. The lowest BCUT2D eigenvalue weighted by atomic mass is 9.73. The van der Waals surface area contributed by atoms with E-state index < -0.39 is 0 Å². The molecule has 0 bridgehead atoms. The Morgan fingerprint density at radius 1 is 0.529 bits per heavy atom. The van der Waals surface area contributed by atoms with Crippen LogP contribution in [0.15, 0.2) is 0 Å². The van der Waals surface area contributed by atoms with E-state index in [0.717, 1.165) is 11.8 Å². The van der Waals surface area contributed by atoms with Crippen LogP contribution < -0.4 is 0 Å². The summed E-state index contributed by atoms with van der Waals surface area (Å²) in [5.41, 5.74) is 0. The molecule has 5 atom stereocenters. The van der Waals surface area contributed by atoms with Crippen LogP contribution in [0, 0.1) is 35.5 Å². The molecule has 1 heteroatoms. The minimum Gasteiger partial charge on any atom is -0.381 e. The summed E-state index contributed by atoms with van der Waals surface area (Å²) in [4.78, 5) is 0. The Hall–Kier alpha value is -0.0400. The molecule has 0 aromatic carbocycles. The molecular formula is C16H34O. The predicted molar refractivity (Wildman–Crippen MR) is 77.1 cm³/mol. The van der Waals surface area contributed by atoms with Gasteiger partial charge in [0.05, 0.1) is 6.10 Å². The average molecular weight is 242 g/mol. The topological polar surface area (TPSA) is 9.23 Å². The van der Waals surface area contributed by atoms with Gasteiger partial charge >= 0.3 is 0 Å². The molecule has 17 heavy (non-hydrogen) atoms. The molecule has 0 aliphatic heterocycles. The summed E-state index contributed by atoms with van der Waals surface area (Å²) in [6.07, 6.45) is 0.381. The van der Waals surface area contributed by atoms with Crippen LogP contribution in [0.3, 0.4) is 0 Å². The summed E-state index contributed by atoms with van der Waals surface area (Å²) in [7, 11) is 1.87. The second-order valence-corrected chi connectivity index (χ2v) is 6.62. The number of hydrogen-bond acceptors (Lipinski definition) is 1. The van der Waals surface area contributed by atoms with Crippen LogP contribution in [-0.2, 0) is 4.74 Å². The van der Waals surface area contributed by atoms with Crippen molar-refractivity contribution in [2.45, 2.75) is 61.5 Å².